The summed E-state index contributed by atoms with van der Waals surface area (Å²) in [7, 11) is -1.25. The number of guanidine groups is 1. The lowest BCUT2D eigenvalue weighted by Gasteiger charge is -2.18. The summed E-state index contributed by atoms with van der Waals surface area (Å²) in [4.78, 5) is 16.1. The van der Waals surface area contributed by atoms with E-state index >= 15 is 0 Å². The van der Waals surface area contributed by atoms with Crippen LogP contribution in [0.2, 0.25) is 0 Å². The maximum absolute atomic E-state index is 11.9. The molecule has 0 radical (unpaired) electrons. The molecule has 1 saturated heterocycles. The molecule has 1 fully saturated rings. The van der Waals surface area contributed by atoms with Gasteiger partial charge in [-0.2, -0.15) is 0 Å². The van der Waals surface area contributed by atoms with Crippen LogP contribution >= 0.6 is 24.0 Å². The van der Waals surface area contributed by atoms with E-state index in [1.54, 1.807) is 7.05 Å². The Labute approximate surface area is 175 Å². The minimum absolute atomic E-state index is 0. The molecule has 0 bridgehead atoms. The number of hydrogen-bond acceptors (Lipinski definition) is 4. The lowest BCUT2D eigenvalue weighted by atomic mass is 10.1. The number of hydrogen-bond donors (Lipinski definition) is 3. The second kappa shape index (κ2) is 13.6. The third-order valence-electron chi connectivity index (χ3n) is 4.34. The van der Waals surface area contributed by atoms with Crippen molar-refractivity contribution in [1.82, 2.24) is 16.0 Å². The fourth-order valence-electron chi connectivity index (χ4n) is 2.88. The van der Waals surface area contributed by atoms with Gasteiger partial charge in [-0.1, -0.05) is 32.6 Å². The smallest absolute Gasteiger partial charge is 0.222 e. The predicted molar refractivity (Wildman–Crippen MR) is 118 cm³/mol. The van der Waals surface area contributed by atoms with Crippen LogP contribution in [0.15, 0.2) is 4.99 Å². The second-order valence-electron chi connectivity index (χ2n) is 6.81. The van der Waals surface area contributed by atoms with Crippen molar-refractivity contribution < 1.29 is 13.2 Å². The first-order chi connectivity index (χ1) is 11.9. The molecule has 9 heteroatoms. The first-order valence-electron chi connectivity index (χ1n) is 9.33. The lowest BCUT2D eigenvalue weighted by molar-refractivity contribution is -0.121. The van der Waals surface area contributed by atoms with Crippen LogP contribution < -0.4 is 16.0 Å². The summed E-state index contributed by atoms with van der Waals surface area (Å²) in [6.07, 6.45) is 6.87. The van der Waals surface area contributed by atoms with Gasteiger partial charge in [-0.05, 0) is 19.8 Å². The van der Waals surface area contributed by atoms with Crippen molar-refractivity contribution in [2.45, 2.75) is 70.9 Å². The van der Waals surface area contributed by atoms with Crippen LogP contribution in [-0.2, 0) is 14.6 Å². The summed E-state index contributed by atoms with van der Waals surface area (Å²) in [6, 6.07) is 0.0960. The fraction of sp³-hybridized carbons (Fsp3) is 0.882. The number of carbonyl (C=O) groups is 1. The molecule has 2 atom stereocenters. The first kappa shape index (κ1) is 25.4. The molecule has 154 valence electrons. The van der Waals surface area contributed by atoms with E-state index in [1.165, 1.54) is 25.7 Å². The third-order valence-corrected chi connectivity index (χ3v) is 6.11. The van der Waals surface area contributed by atoms with E-state index in [1.807, 2.05) is 0 Å². The molecule has 1 rings (SSSR count). The number of amides is 1. The van der Waals surface area contributed by atoms with Crippen molar-refractivity contribution in [1.29, 1.82) is 0 Å². The molecule has 0 aromatic rings. The largest absolute Gasteiger partial charge is 0.356 e. The van der Waals surface area contributed by atoms with E-state index in [4.69, 9.17) is 0 Å². The molecule has 1 aliphatic heterocycles. The van der Waals surface area contributed by atoms with E-state index in [9.17, 15) is 13.2 Å². The Morgan fingerprint density at radius 1 is 1.27 bits per heavy atom. The number of carbonyl (C=O) groups excluding carboxylic acids is 1. The Balaban J connectivity index is 0.00000625. The van der Waals surface area contributed by atoms with E-state index in [0.717, 1.165) is 6.42 Å². The van der Waals surface area contributed by atoms with Crippen molar-refractivity contribution in [2.75, 3.05) is 25.1 Å². The van der Waals surface area contributed by atoms with E-state index in [2.05, 4.69) is 34.8 Å². The van der Waals surface area contributed by atoms with Gasteiger partial charge in [0.05, 0.1) is 11.5 Å². The first-order valence-corrected chi connectivity index (χ1v) is 11.2. The molecular formula is C17H35IN4O3S. The molecule has 1 amide bonds. The van der Waals surface area contributed by atoms with Crippen molar-refractivity contribution in [3.05, 3.63) is 0 Å². The average Bonchev–Trinajstić information content (AvgIpc) is 2.89. The molecule has 3 N–H and O–H groups in total. The standard InChI is InChI=1S/C17H34N4O3S.HI/c1-4-5-6-7-8-14(2)20-17(18-3)19-11-9-16(22)21-15-10-12-25(23,24)13-15;/h14-15H,4-13H2,1-3H3,(H,21,22)(H2,18,19,20);1H. The number of nitrogens with zero attached hydrogens (tertiary/aromatic N) is 1. The zero-order valence-electron chi connectivity index (χ0n) is 16.2. The molecule has 26 heavy (non-hydrogen) atoms. The quantitative estimate of drug-likeness (QED) is 0.183. The van der Waals surface area contributed by atoms with Crippen molar-refractivity contribution >= 4 is 45.7 Å². The van der Waals surface area contributed by atoms with Gasteiger partial charge in [0.15, 0.2) is 15.8 Å². The molecule has 0 aromatic heterocycles. The molecule has 1 heterocycles. The van der Waals surface area contributed by atoms with Gasteiger partial charge < -0.3 is 16.0 Å². The van der Waals surface area contributed by atoms with Crippen LogP contribution in [0.1, 0.15) is 58.8 Å². The number of sulfone groups is 1. The van der Waals surface area contributed by atoms with Gasteiger partial charge in [-0.25, -0.2) is 8.42 Å². The van der Waals surface area contributed by atoms with Gasteiger partial charge in [0.1, 0.15) is 0 Å². The van der Waals surface area contributed by atoms with Crippen LogP contribution in [0.4, 0.5) is 0 Å². The Morgan fingerprint density at radius 2 is 2.00 bits per heavy atom. The van der Waals surface area contributed by atoms with Gasteiger partial charge in [-0.3, -0.25) is 9.79 Å². The average molecular weight is 502 g/mol. The van der Waals surface area contributed by atoms with Crippen LogP contribution in [0, 0.1) is 0 Å². The van der Waals surface area contributed by atoms with Gasteiger partial charge >= 0.3 is 0 Å². The molecule has 0 saturated carbocycles. The van der Waals surface area contributed by atoms with E-state index in [0.29, 0.717) is 31.4 Å². The number of halogens is 1. The Hall–Kier alpha value is -0.580. The summed E-state index contributed by atoms with van der Waals surface area (Å²) >= 11 is 0. The van der Waals surface area contributed by atoms with Gasteiger partial charge in [0.2, 0.25) is 5.91 Å². The predicted octanol–water partition coefficient (Wildman–Crippen LogP) is 1.82. The van der Waals surface area contributed by atoms with Gasteiger partial charge in [0, 0.05) is 32.1 Å². The molecule has 1 aliphatic rings. The van der Waals surface area contributed by atoms with Crippen LogP contribution in [0.25, 0.3) is 0 Å². The minimum atomic E-state index is -2.96. The topological polar surface area (TPSA) is 99.7 Å². The number of aliphatic imine (C=N–C) groups is 1. The van der Waals surface area contributed by atoms with Crippen LogP contribution in [0.3, 0.4) is 0 Å². The molecule has 0 aliphatic carbocycles. The SMILES string of the molecule is CCCCCCC(C)NC(=NC)NCCC(=O)NC1CCS(=O)(=O)C1.I. The maximum atomic E-state index is 11.9. The highest BCUT2D eigenvalue weighted by Gasteiger charge is 2.28. The number of rotatable bonds is 10. The van der Waals surface area contributed by atoms with E-state index in [-0.39, 0.29) is 47.4 Å². The van der Waals surface area contributed by atoms with Crippen LogP contribution in [-0.4, -0.2) is 57.5 Å². The minimum Gasteiger partial charge on any atom is -0.356 e. The normalized spacial score (nSPS) is 20.1. The Morgan fingerprint density at radius 3 is 2.58 bits per heavy atom. The monoisotopic (exact) mass is 502 g/mol. The zero-order chi connectivity index (χ0) is 18.7. The summed E-state index contributed by atoms with van der Waals surface area (Å²) in [5, 5.41) is 9.25. The fourth-order valence-corrected chi connectivity index (χ4v) is 4.55. The van der Waals surface area contributed by atoms with E-state index < -0.39 is 9.84 Å². The summed E-state index contributed by atoms with van der Waals surface area (Å²) in [5.41, 5.74) is 0. The van der Waals surface area contributed by atoms with Crippen LogP contribution in [0.5, 0.6) is 0 Å². The zero-order valence-corrected chi connectivity index (χ0v) is 19.4. The third kappa shape index (κ3) is 11.2. The maximum Gasteiger partial charge on any atom is 0.222 e. The number of nitrogens with one attached hydrogen (secondary N) is 3. The molecule has 0 aromatic carbocycles. The van der Waals surface area contributed by atoms with Gasteiger partial charge in [0.25, 0.3) is 0 Å². The Bertz CT molecular complexity index is 540. The lowest BCUT2D eigenvalue weighted by Crippen LogP contribution is -2.44. The molecular weight excluding hydrogens is 467 g/mol. The highest BCUT2D eigenvalue weighted by Crippen LogP contribution is 2.11. The second-order valence-corrected chi connectivity index (χ2v) is 9.04. The molecule has 0 spiro atoms. The van der Waals surface area contributed by atoms with Gasteiger partial charge in [-0.15, -0.1) is 24.0 Å². The summed E-state index contributed by atoms with van der Waals surface area (Å²) in [6.45, 7) is 4.80. The number of unbranched alkanes of at least 4 members (excludes halogenated alkanes) is 3. The highest BCUT2D eigenvalue weighted by molar-refractivity contribution is 14.0. The molecule has 7 nitrogen and oxygen atoms in total. The van der Waals surface area contributed by atoms with Crippen molar-refractivity contribution in [2.24, 2.45) is 4.99 Å². The van der Waals surface area contributed by atoms with Crippen molar-refractivity contribution in [3.63, 3.8) is 0 Å². The molecule has 2 unspecified atom stereocenters. The highest BCUT2D eigenvalue weighted by atomic mass is 127. The summed E-state index contributed by atoms with van der Waals surface area (Å²) in [5.74, 6) is 0.797. The summed E-state index contributed by atoms with van der Waals surface area (Å²) < 4.78 is 22.8. The van der Waals surface area contributed by atoms with Crippen molar-refractivity contribution in [3.8, 4) is 0 Å². The Kier molecular flexibility index (Phi) is 13.3.